The van der Waals surface area contributed by atoms with Gasteiger partial charge in [0, 0.05) is 25.0 Å². The number of anilines is 1. The van der Waals surface area contributed by atoms with Crippen molar-refractivity contribution in [1.29, 1.82) is 0 Å². The molecular formula is C25H38N4O5S. The SMILES string of the molecule is CC(C)CNS(=O)(=O)c1ccccc1NC(=O)[C@@H]1CCCN1C(=O)[C@H]1CCCN1C(=O)C(C)(C)C. The lowest BCUT2D eigenvalue weighted by Gasteiger charge is -2.34. The maximum atomic E-state index is 13.5. The van der Waals surface area contributed by atoms with Crippen LogP contribution in [0.15, 0.2) is 29.2 Å². The summed E-state index contributed by atoms with van der Waals surface area (Å²) in [5.74, 6) is -0.571. The smallest absolute Gasteiger partial charge is 0.247 e. The van der Waals surface area contributed by atoms with Crippen molar-refractivity contribution in [3.63, 3.8) is 0 Å². The Bertz CT molecular complexity index is 1060. The summed E-state index contributed by atoms with van der Waals surface area (Å²) in [6, 6.07) is 4.97. The Labute approximate surface area is 208 Å². The molecule has 194 valence electrons. The molecule has 3 amide bonds. The second kappa shape index (κ2) is 10.7. The second-order valence-corrected chi connectivity index (χ2v) is 12.6. The quantitative estimate of drug-likeness (QED) is 0.590. The summed E-state index contributed by atoms with van der Waals surface area (Å²) in [4.78, 5) is 42.8. The molecule has 0 unspecified atom stereocenters. The maximum absolute atomic E-state index is 13.5. The molecule has 3 rings (SSSR count). The molecule has 35 heavy (non-hydrogen) atoms. The van der Waals surface area contributed by atoms with E-state index in [1.807, 2.05) is 34.6 Å². The largest absolute Gasteiger partial charge is 0.330 e. The summed E-state index contributed by atoms with van der Waals surface area (Å²) >= 11 is 0. The van der Waals surface area contributed by atoms with Crippen LogP contribution in [0.25, 0.3) is 0 Å². The molecule has 2 aliphatic rings. The number of nitrogens with one attached hydrogen (secondary N) is 2. The van der Waals surface area contributed by atoms with Crippen molar-refractivity contribution >= 4 is 33.4 Å². The van der Waals surface area contributed by atoms with Gasteiger partial charge in [-0.2, -0.15) is 0 Å². The molecule has 2 saturated heterocycles. The number of benzene rings is 1. The maximum Gasteiger partial charge on any atom is 0.247 e. The number of carbonyl (C=O) groups is 3. The average Bonchev–Trinajstić information content (AvgIpc) is 3.46. The highest BCUT2D eigenvalue weighted by molar-refractivity contribution is 7.89. The first kappa shape index (κ1) is 27.1. The van der Waals surface area contributed by atoms with Crippen LogP contribution in [-0.2, 0) is 24.4 Å². The van der Waals surface area contributed by atoms with E-state index in [0.29, 0.717) is 32.4 Å². The molecule has 2 fully saturated rings. The zero-order valence-electron chi connectivity index (χ0n) is 21.3. The highest BCUT2D eigenvalue weighted by Gasteiger charge is 2.44. The molecule has 9 nitrogen and oxygen atoms in total. The molecule has 10 heteroatoms. The first-order chi connectivity index (χ1) is 16.3. The summed E-state index contributed by atoms with van der Waals surface area (Å²) in [6.45, 7) is 10.6. The van der Waals surface area contributed by atoms with Gasteiger partial charge < -0.3 is 15.1 Å². The molecule has 2 heterocycles. The van der Waals surface area contributed by atoms with E-state index in [4.69, 9.17) is 0 Å². The lowest BCUT2D eigenvalue weighted by molar-refractivity contribution is -0.149. The summed E-state index contributed by atoms with van der Waals surface area (Å²) in [7, 11) is -3.82. The molecule has 0 radical (unpaired) electrons. The molecule has 2 atom stereocenters. The summed E-state index contributed by atoms with van der Waals surface area (Å²) < 4.78 is 28.2. The third-order valence-electron chi connectivity index (χ3n) is 6.39. The third kappa shape index (κ3) is 6.22. The molecule has 2 aliphatic heterocycles. The van der Waals surface area contributed by atoms with E-state index < -0.39 is 33.4 Å². The first-order valence-corrected chi connectivity index (χ1v) is 13.8. The van der Waals surface area contributed by atoms with Crippen LogP contribution in [0.3, 0.4) is 0 Å². The van der Waals surface area contributed by atoms with Gasteiger partial charge in [-0.3, -0.25) is 14.4 Å². The predicted molar refractivity (Wildman–Crippen MR) is 134 cm³/mol. The van der Waals surface area contributed by atoms with Crippen molar-refractivity contribution in [2.45, 2.75) is 77.3 Å². The number of hydrogen-bond acceptors (Lipinski definition) is 5. The number of carbonyl (C=O) groups excluding carboxylic acids is 3. The second-order valence-electron chi connectivity index (χ2n) is 10.8. The third-order valence-corrected chi connectivity index (χ3v) is 7.88. The summed E-state index contributed by atoms with van der Waals surface area (Å²) in [5.41, 5.74) is -0.415. The molecule has 0 saturated carbocycles. The fraction of sp³-hybridized carbons (Fsp3) is 0.640. The highest BCUT2D eigenvalue weighted by atomic mass is 32.2. The summed E-state index contributed by atoms with van der Waals surface area (Å²) in [6.07, 6.45) is 2.48. The van der Waals surface area contributed by atoms with E-state index >= 15 is 0 Å². The van der Waals surface area contributed by atoms with Gasteiger partial charge in [-0.25, -0.2) is 13.1 Å². The van der Waals surface area contributed by atoms with E-state index in [2.05, 4.69) is 10.0 Å². The Kier molecular flexibility index (Phi) is 8.26. The fourth-order valence-electron chi connectivity index (χ4n) is 4.57. The van der Waals surface area contributed by atoms with Crippen LogP contribution in [-0.4, -0.2) is 67.7 Å². The molecule has 0 bridgehead atoms. The minimum atomic E-state index is -3.82. The molecule has 2 N–H and O–H groups in total. The van der Waals surface area contributed by atoms with Gasteiger partial charge in [0.05, 0.1) is 5.69 Å². The number of sulfonamides is 1. The molecule has 1 aromatic carbocycles. The van der Waals surface area contributed by atoms with Crippen molar-refractivity contribution in [1.82, 2.24) is 14.5 Å². The lowest BCUT2D eigenvalue weighted by Crippen LogP contribution is -2.53. The predicted octanol–water partition coefficient (Wildman–Crippen LogP) is 2.59. The van der Waals surface area contributed by atoms with Gasteiger partial charge in [-0.05, 0) is 43.7 Å². The van der Waals surface area contributed by atoms with E-state index in [1.165, 1.54) is 6.07 Å². The molecule has 0 spiro atoms. The lowest BCUT2D eigenvalue weighted by atomic mass is 9.94. The van der Waals surface area contributed by atoms with Crippen LogP contribution in [0.1, 0.15) is 60.3 Å². The average molecular weight is 507 g/mol. The zero-order chi connectivity index (χ0) is 26.0. The van der Waals surface area contributed by atoms with Crippen LogP contribution in [0, 0.1) is 11.3 Å². The van der Waals surface area contributed by atoms with Crippen molar-refractivity contribution in [2.24, 2.45) is 11.3 Å². The van der Waals surface area contributed by atoms with Gasteiger partial charge in [-0.15, -0.1) is 0 Å². The highest BCUT2D eigenvalue weighted by Crippen LogP contribution is 2.30. The van der Waals surface area contributed by atoms with Gasteiger partial charge in [0.2, 0.25) is 27.7 Å². The minimum absolute atomic E-state index is 0.0115. The van der Waals surface area contributed by atoms with Crippen molar-refractivity contribution in [3.05, 3.63) is 24.3 Å². The van der Waals surface area contributed by atoms with Crippen molar-refractivity contribution in [3.8, 4) is 0 Å². The van der Waals surface area contributed by atoms with E-state index in [0.717, 1.165) is 6.42 Å². The number of nitrogens with zero attached hydrogens (tertiary/aromatic N) is 2. The van der Waals surface area contributed by atoms with E-state index in [9.17, 15) is 22.8 Å². The molecule has 0 aliphatic carbocycles. The van der Waals surface area contributed by atoms with Crippen molar-refractivity contribution < 1.29 is 22.8 Å². The van der Waals surface area contributed by atoms with Crippen LogP contribution < -0.4 is 10.0 Å². The molecule has 1 aromatic rings. The van der Waals surface area contributed by atoms with Gasteiger partial charge in [0.25, 0.3) is 0 Å². The minimum Gasteiger partial charge on any atom is -0.330 e. The summed E-state index contributed by atoms with van der Waals surface area (Å²) in [5, 5.41) is 2.75. The van der Waals surface area contributed by atoms with Gasteiger partial charge in [0.15, 0.2) is 0 Å². The van der Waals surface area contributed by atoms with Crippen LogP contribution in [0.4, 0.5) is 5.69 Å². The number of rotatable bonds is 7. The normalized spacial score (nSPS) is 21.0. The van der Waals surface area contributed by atoms with Crippen molar-refractivity contribution in [2.75, 3.05) is 25.0 Å². The first-order valence-electron chi connectivity index (χ1n) is 12.3. The van der Waals surface area contributed by atoms with E-state index in [-0.39, 0.29) is 34.9 Å². The number of para-hydroxylation sites is 1. The Morgan fingerprint density at radius 2 is 1.60 bits per heavy atom. The van der Waals surface area contributed by atoms with Gasteiger partial charge in [-0.1, -0.05) is 46.8 Å². The van der Waals surface area contributed by atoms with Crippen LogP contribution >= 0.6 is 0 Å². The Morgan fingerprint density at radius 3 is 2.23 bits per heavy atom. The fourth-order valence-corrected chi connectivity index (χ4v) is 5.94. The van der Waals surface area contributed by atoms with Crippen LogP contribution in [0.2, 0.25) is 0 Å². The Morgan fingerprint density at radius 1 is 1.00 bits per heavy atom. The zero-order valence-corrected chi connectivity index (χ0v) is 22.2. The van der Waals surface area contributed by atoms with Gasteiger partial charge in [0.1, 0.15) is 17.0 Å². The van der Waals surface area contributed by atoms with Crippen LogP contribution in [0.5, 0.6) is 0 Å². The standard InChI is InChI=1S/C25H38N4O5S/c1-17(2)16-26-35(33,34)21-13-7-6-10-18(21)27-22(30)19-11-8-14-28(19)23(31)20-12-9-15-29(20)24(32)25(3,4)5/h6-7,10,13,17,19-20,26H,8-9,11-12,14-16H2,1-5H3,(H,27,30)/t19-,20+/m0/s1. The monoisotopic (exact) mass is 506 g/mol. The number of likely N-dealkylation sites (tertiary alicyclic amines) is 2. The van der Waals surface area contributed by atoms with E-state index in [1.54, 1.807) is 28.0 Å². The number of amides is 3. The number of hydrogen-bond donors (Lipinski definition) is 2. The Hall–Kier alpha value is -2.46. The Balaban J connectivity index is 1.77. The van der Waals surface area contributed by atoms with Gasteiger partial charge >= 0.3 is 0 Å². The molecule has 0 aromatic heterocycles. The topological polar surface area (TPSA) is 116 Å². The molecular weight excluding hydrogens is 468 g/mol.